The maximum Gasteiger partial charge on any atom is 0.127 e. The molecule has 0 heterocycles. The molecular formula is C16H16ClFO. The van der Waals surface area contributed by atoms with Gasteiger partial charge in [-0.1, -0.05) is 54.9 Å². The van der Waals surface area contributed by atoms with Gasteiger partial charge in [0.05, 0.1) is 6.10 Å². The molecular weight excluding hydrogens is 263 g/mol. The van der Waals surface area contributed by atoms with E-state index in [2.05, 4.69) is 0 Å². The molecule has 2 rings (SSSR count). The van der Waals surface area contributed by atoms with Crippen LogP contribution in [0.2, 0.25) is 5.02 Å². The molecule has 3 heteroatoms. The first kappa shape index (κ1) is 14.0. The van der Waals surface area contributed by atoms with Crippen LogP contribution in [0, 0.1) is 5.82 Å². The summed E-state index contributed by atoms with van der Waals surface area (Å²) in [5, 5.41) is 10.6. The monoisotopic (exact) mass is 278 g/mol. The molecule has 0 saturated heterocycles. The van der Waals surface area contributed by atoms with Crippen molar-refractivity contribution in [2.24, 2.45) is 0 Å². The van der Waals surface area contributed by atoms with Gasteiger partial charge in [0.15, 0.2) is 0 Å². The smallest absolute Gasteiger partial charge is 0.127 e. The average Bonchev–Trinajstić information content (AvgIpc) is 2.43. The average molecular weight is 279 g/mol. The van der Waals surface area contributed by atoms with Gasteiger partial charge in [0.25, 0.3) is 0 Å². The van der Waals surface area contributed by atoms with Crippen LogP contribution in [0.1, 0.15) is 24.0 Å². The minimum absolute atomic E-state index is 0.0723. The molecule has 0 radical (unpaired) electrons. The SMILES string of the molecule is CC(c1ccccc1)C(O)Cc1c(F)cccc1Cl. The normalized spacial score (nSPS) is 14.1. The highest BCUT2D eigenvalue weighted by Crippen LogP contribution is 2.26. The van der Waals surface area contributed by atoms with Crippen molar-refractivity contribution in [3.63, 3.8) is 0 Å². The van der Waals surface area contributed by atoms with Crippen molar-refractivity contribution in [3.05, 3.63) is 70.5 Å². The molecule has 2 aromatic rings. The van der Waals surface area contributed by atoms with E-state index in [0.29, 0.717) is 10.6 Å². The van der Waals surface area contributed by atoms with Crippen LogP contribution in [0.4, 0.5) is 4.39 Å². The van der Waals surface area contributed by atoms with Gasteiger partial charge in [-0.2, -0.15) is 0 Å². The van der Waals surface area contributed by atoms with E-state index in [-0.39, 0.29) is 18.2 Å². The quantitative estimate of drug-likeness (QED) is 0.889. The zero-order valence-corrected chi connectivity index (χ0v) is 11.4. The largest absolute Gasteiger partial charge is 0.392 e. The van der Waals surface area contributed by atoms with Gasteiger partial charge in [-0.3, -0.25) is 0 Å². The number of aliphatic hydroxyl groups excluding tert-OH is 1. The molecule has 0 saturated carbocycles. The van der Waals surface area contributed by atoms with Crippen LogP contribution < -0.4 is 0 Å². The highest BCUT2D eigenvalue weighted by molar-refractivity contribution is 6.31. The Bertz CT molecular complexity index is 521. The van der Waals surface area contributed by atoms with Crippen LogP contribution in [-0.4, -0.2) is 11.2 Å². The summed E-state index contributed by atoms with van der Waals surface area (Å²) in [5.74, 6) is -0.441. The Balaban J connectivity index is 2.15. The lowest BCUT2D eigenvalue weighted by atomic mass is 9.91. The van der Waals surface area contributed by atoms with Gasteiger partial charge in [0, 0.05) is 22.9 Å². The van der Waals surface area contributed by atoms with E-state index >= 15 is 0 Å². The predicted molar refractivity (Wildman–Crippen MR) is 76.0 cm³/mol. The summed E-state index contributed by atoms with van der Waals surface area (Å²) < 4.78 is 13.7. The Hall–Kier alpha value is -1.38. The maximum atomic E-state index is 13.7. The lowest BCUT2D eigenvalue weighted by Gasteiger charge is -2.20. The van der Waals surface area contributed by atoms with E-state index in [1.807, 2.05) is 37.3 Å². The van der Waals surface area contributed by atoms with Crippen molar-refractivity contribution in [1.29, 1.82) is 0 Å². The number of aliphatic hydroxyl groups is 1. The third-order valence-corrected chi connectivity index (χ3v) is 3.73. The predicted octanol–water partition coefficient (Wildman–Crippen LogP) is 4.19. The van der Waals surface area contributed by atoms with Crippen molar-refractivity contribution >= 4 is 11.6 Å². The number of hydrogen-bond acceptors (Lipinski definition) is 1. The standard InChI is InChI=1S/C16H16ClFO/c1-11(12-6-3-2-4-7-12)16(19)10-13-14(17)8-5-9-15(13)18/h2-9,11,16,19H,10H2,1H3. The molecule has 1 nitrogen and oxygen atoms in total. The van der Waals surface area contributed by atoms with E-state index < -0.39 is 6.10 Å². The molecule has 100 valence electrons. The fourth-order valence-electron chi connectivity index (χ4n) is 2.09. The first-order chi connectivity index (χ1) is 9.09. The molecule has 2 aromatic carbocycles. The Kier molecular flexibility index (Phi) is 4.56. The number of hydrogen-bond donors (Lipinski definition) is 1. The molecule has 0 aliphatic rings. The summed E-state index contributed by atoms with van der Waals surface area (Å²) in [7, 11) is 0. The van der Waals surface area contributed by atoms with Crippen LogP contribution in [0.25, 0.3) is 0 Å². The second kappa shape index (κ2) is 6.18. The molecule has 0 aromatic heterocycles. The second-order valence-electron chi connectivity index (χ2n) is 4.67. The first-order valence-electron chi connectivity index (χ1n) is 6.25. The van der Waals surface area contributed by atoms with Crippen LogP contribution in [0.3, 0.4) is 0 Å². The highest BCUT2D eigenvalue weighted by Gasteiger charge is 2.19. The third-order valence-electron chi connectivity index (χ3n) is 3.38. The number of benzene rings is 2. The molecule has 1 N–H and O–H groups in total. The van der Waals surface area contributed by atoms with Gasteiger partial charge in [-0.15, -0.1) is 0 Å². The molecule has 0 aliphatic carbocycles. The maximum absolute atomic E-state index is 13.7. The first-order valence-corrected chi connectivity index (χ1v) is 6.63. The van der Waals surface area contributed by atoms with Crippen molar-refractivity contribution in [1.82, 2.24) is 0 Å². The van der Waals surface area contributed by atoms with E-state index in [1.165, 1.54) is 6.07 Å². The topological polar surface area (TPSA) is 20.2 Å². The molecule has 0 bridgehead atoms. The Morgan fingerprint density at radius 1 is 1.11 bits per heavy atom. The lowest BCUT2D eigenvalue weighted by Crippen LogP contribution is -2.19. The van der Waals surface area contributed by atoms with Crippen molar-refractivity contribution < 1.29 is 9.50 Å². The molecule has 2 atom stereocenters. The van der Waals surface area contributed by atoms with E-state index in [0.717, 1.165) is 5.56 Å². The van der Waals surface area contributed by atoms with Gasteiger partial charge in [0.2, 0.25) is 0 Å². The van der Waals surface area contributed by atoms with Crippen LogP contribution in [0.15, 0.2) is 48.5 Å². The molecule has 2 unspecified atom stereocenters. The lowest BCUT2D eigenvalue weighted by molar-refractivity contribution is 0.148. The van der Waals surface area contributed by atoms with Crippen molar-refractivity contribution in [3.8, 4) is 0 Å². The van der Waals surface area contributed by atoms with Crippen LogP contribution >= 0.6 is 11.6 Å². The summed E-state index contributed by atoms with van der Waals surface area (Å²) in [6.07, 6.45) is -0.460. The Morgan fingerprint density at radius 2 is 1.79 bits per heavy atom. The van der Waals surface area contributed by atoms with Gasteiger partial charge in [0.1, 0.15) is 5.82 Å². The van der Waals surface area contributed by atoms with Crippen LogP contribution in [0.5, 0.6) is 0 Å². The third kappa shape index (κ3) is 3.34. The van der Waals surface area contributed by atoms with E-state index in [4.69, 9.17) is 11.6 Å². The summed E-state index contributed by atoms with van der Waals surface area (Å²) in [6, 6.07) is 14.3. The molecule has 0 amide bonds. The second-order valence-corrected chi connectivity index (χ2v) is 5.08. The fourth-order valence-corrected chi connectivity index (χ4v) is 2.33. The van der Waals surface area contributed by atoms with Gasteiger partial charge >= 0.3 is 0 Å². The fraction of sp³-hybridized carbons (Fsp3) is 0.250. The number of rotatable bonds is 4. The summed E-state index contributed by atoms with van der Waals surface area (Å²) >= 11 is 5.97. The van der Waals surface area contributed by atoms with Crippen molar-refractivity contribution in [2.75, 3.05) is 0 Å². The van der Waals surface area contributed by atoms with E-state index in [1.54, 1.807) is 12.1 Å². The number of halogens is 2. The molecule has 0 spiro atoms. The molecule has 19 heavy (non-hydrogen) atoms. The van der Waals surface area contributed by atoms with Gasteiger partial charge < -0.3 is 5.11 Å². The van der Waals surface area contributed by atoms with Crippen LogP contribution in [-0.2, 0) is 6.42 Å². The van der Waals surface area contributed by atoms with Gasteiger partial charge in [-0.05, 0) is 17.7 Å². The molecule has 0 fully saturated rings. The Morgan fingerprint density at radius 3 is 2.42 bits per heavy atom. The minimum Gasteiger partial charge on any atom is -0.392 e. The summed E-state index contributed by atoms with van der Waals surface area (Å²) in [6.45, 7) is 1.93. The summed E-state index contributed by atoms with van der Waals surface area (Å²) in [5.41, 5.74) is 1.40. The zero-order chi connectivity index (χ0) is 13.8. The van der Waals surface area contributed by atoms with Gasteiger partial charge in [-0.25, -0.2) is 4.39 Å². The Labute approximate surface area is 117 Å². The van der Waals surface area contributed by atoms with E-state index in [9.17, 15) is 9.50 Å². The van der Waals surface area contributed by atoms with Crippen molar-refractivity contribution in [2.45, 2.75) is 25.4 Å². The zero-order valence-electron chi connectivity index (χ0n) is 10.7. The molecule has 0 aliphatic heterocycles. The summed E-state index contributed by atoms with van der Waals surface area (Å²) in [4.78, 5) is 0. The highest BCUT2D eigenvalue weighted by atomic mass is 35.5. The minimum atomic E-state index is -0.670.